The van der Waals surface area contributed by atoms with E-state index in [9.17, 15) is 0 Å². The molecule has 1 aromatic carbocycles. The van der Waals surface area contributed by atoms with Crippen molar-refractivity contribution in [1.29, 1.82) is 0 Å². The van der Waals surface area contributed by atoms with Gasteiger partial charge in [-0.2, -0.15) is 0 Å². The number of anilines is 2. The molecule has 0 saturated heterocycles. The van der Waals surface area contributed by atoms with E-state index in [-0.39, 0.29) is 0 Å². The summed E-state index contributed by atoms with van der Waals surface area (Å²) >= 11 is 0. The van der Waals surface area contributed by atoms with E-state index in [2.05, 4.69) is 69.9 Å². The van der Waals surface area contributed by atoms with Crippen molar-refractivity contribution in [1.82, 2.24) is 15.0 Å². The minimum Gasteiger partial charge on any atom is -0.370 e. The second-order valence-electron chi connectivity index (χ2n) is 6.43. The summed E-state index contributed by atoms with van der Waals surface area (Å²) in [5.74, 6) is 2.42. The Morgan fingerprint density at radius 3 is 2.58 bits per heavy atom. The topological polar surface area (TPSA) is 65.6 Å². The van der Waals surface area contributed by atoms with Crippen LogP contribution in [0.1, 0.15) is 25.8 Å². The van der Waals surface area contributed by atoms with Crippen LogP contribution in [-0.2, 0) is 6.42 Å². The first kappa shape index (κ1) is 16.3. The maximum atomic E-state index is 4.29. The van der Waals surface area contributed by atoms with Gasteiger partial charge >= 0.3 is 0 Å². The van der Waals surface area contributed by atoms with E-state index < -0.39 is 0 Å². The van der Waals surface area contributed by atoms with Gasteiger partial charge in [-0.15, -0.1) is 0 Å². The van der Waals surface area contributed by atoms with E-state index in [0.29, 0.717) is 5.92 Å². The predicted molar refractivity (Wildman–Crippen MR) is 100 cm³/mol. The molecule has 3 rings (SSSR count). The quantitative estimate of drug-likeness (QED) is 0.584. The van der Waals surface area contributed by atoms with Crippen LogP contribution in [0.2, 0.25) is 0 Å². The average Bonchev–Trinajstić information content (AvgIpc) is 2.98. The van der Waals surface area contributed by atoms with Crippen LogP contribution in [0, 0.1) is 5.92 Å². The van der Waals surface area contributed by atoms with E-state index in [1.165, 1.54) is 16.5 Å². The monoisotopic (exact) mass is 323 g/mol. The molecule has 0 bridgehead atoms. The lowest BCUT2D eigenvalue weighted by Gasteiger charge is -2.09. The Morgan fingerprint density at radius 2 is 1.79 bits per heavy atom. The standard InChI is InChI=1S/C19H25N5/c1-14(2)7-9-20-18-11-19(24-13-23-18)21-10-8-15-12-22-17-6-4-3-5-16(15)17/h3-6,11-14,22H,7-10H2,1-2H3,(H2,20,21,23,24). The Kier molecular flexibility index (Phi) is 5.31. The van der Waals surface area contributed by atoms with Crippen molar-refractivity contribution >= 4 is 22.5 Å². The molecular weight excluding hydrogens is 298 g/mol. The first-order chi connectivity index (χ1) is 11.7. The highest BCUT2D eigenvalue weighted by molar-refractivity contribution is 5.83. The molecule has 126 valence electrons. The number of H-pyrrole nitrogens is 1. The number of para-hydroxylation sites is 1. The fraction of sp³-hybridized carbons (Fsp3) is 0.368. The summed E-state index contributed by atoms with van der Waals surface area (Å²) in [5.41, 5.74) is 2.51. The molecule has 0 amide bonds. The molecule has 0 unspecified atom stereocenters. The summed E-state index contributed by atoms with van der Waals surface area (Å²) in [6.07, 6.45) is 5.77. The van der Waals surface area contributed by atoms with Gasteiger partial charge in [-0.25, -0.2) is 9.97 Å². The van der Waals surface area contributed by atoms with Crippen molar-refractivity contribution in [2.24, 2.45) is 5.92 Å². The van der Waals surface area contributed by atoms with Crippen LogP contribution < -0.4 is 10.6 Å². The molecule has 5 nitrogen and oxygen atoms in total. The van der Waals surface area contributed by atoms with Gasteiger partial charge in [-0.05, 0) is 30.4 Å². The van der Waals surface area contributed by atoms with Crippen LogP contribution in [-0.4, -0.2) is 28.0 Å². The molecule has 0 aliphatic rings. The lowest BCUT2D eigenvalue weighted by Crippen LogP contribution is -2.09. The normalized spacial score (nSPS) is 11.1. The largest absolute Gasteiger partial charge is 0.370 e. The third-order valence-electron chi connectivity index (χ3n) is 4.07. The highest BCUT2D eigenvalue weighted by atomic mass is 15.1. The van der Waals surface area contributed by atoms with Gasteiger partial charge in [0, 0.05) is 36.3 Å². The first-order valence-electron chi connectivity index (χ1n) is 8.57. The molecular formula is C19H25N5. The van der Waals surface area contributed by atoms with Gasteiger partial charge in [0.15, 0.2) is 0 Å². The average molecular weight is 323 g/mol. The lowest BCUT2D eigenvalue weighted by atomic mass is 10.1. The summed E-state index contributed by atoms with van der Waals surface area (Å²) in [5, 5.41) is 8.02. The maximum Gasteiger partial charge on any atom is 0.131 e. The van der Waals surface area contributed by atoms with Crippen molar-refractivity contribution in [3.63, 3.8) is 0 Å². The summed E-state index contributed by atoms with van der Waals surface area (Å²) in [7, 11) is 0. The number of aromatic nitrogens is 3. The molecule has 0 fully saturated rings. The van der Waals surface area contributed by atoms with Gasteiger partial charge in [0.1, 0.15) is 18.0 Å². The molecule has 0 radical (unpaired) electrons. The van der Waals surface area contributed by atoms with E-state index in [0.717, 1.165) is 37.6 Å². The SMILES string of the molecule is CC(C)CCNc1cc(NCCc2c[nH]c3ccccc23)ncn1. The summed E-state index contributed by atoms with van der Waals surface area (Å²) < 4.78 is 0. The predicted octanol–water partition coefficient (Wildman–Crippen LogP) is 4.07. The van der Waals surface area contributed by atoms with Crippen molar-refractivity contribution < 1.29 is 0 Å². The van der Waals surface area contributed by atoms with Gasteiger partial charge < -0.3 is 15.6 Å². The van der Waals surface area contributed by atoms with Crippen LogP contribution in [0.3, 0.4) is 0 Å². The van der Waals surface area contributed by atoms with Gasteiger partial charge in [0.2, 0.25) is 0 Å². The second-order valence-corrected chi connectivity index (χ2v) is 6.43. The highest BCUT2D eigenvalue weighted by Crippen LogP contribution is 2.18. The van der Waals surface area contributed by atoms with Crippen molar-refractivity contribution in [3.05, 3.63) is 48.4 Å². The Labute approximate surface area is 142 Å². The van der Waals surface area contributed by atoms with E-state index >= 15 is 0 Å². The van der Waals surface area contributed by atoms with Crippen molar-refractivity contribution in [2.45, 2.75) is 26.7 Å². The van der Waals surface area contributed by atoms with Crippen LogP contribution in [0.25, 0.3) is 10.9 Å². The zero-order chi connectivity index (χ0) is 16.8. The second kappa shape index (κ2) is 7.81. The molecule has 3 N–H and O–H groups in total. The molecule has 0 saturated carbocycles. The highest BCUT2D eigenvalue weighted by Gasteiger charge is 2.03. The Morgan fingerprint density at radius 1 is 1.04 bits per heavy atom. The number of benzene rings is 1. The number of nitrogens with zero attached hydrogens (tertiary/aromatic N) is 2. The first-order valence-corrected chi connectivity index (χ1v) is 8.57. The number of aromatic amines is 1. The minimum atomic E-state index is 0.688. The van der Waals surface area contributed by atoms with E-state index in [4.69, 9.17) is 0 Å². The molecule has 0 atom stereocenters. The molecule has 24 heavy (non-hydrogen) atoms. The zero-order valence-corrected chi connectivity index (χ0v) is 14.3. The number of nitrogens with one attached hydrogen (secondary N) is 3. The van der Waals surface area contributed by atoms with E-state index in [1.807, 2.05) is 6.07 Å². The van der Waals surface area contributed by atoms with Crippen molar-refractivity contribution in [2.75, 3.05) is 23.7 Å². The number of hydrogen-bond donors (Lipinski definition) is 3. The van der Waals surface area contributed by atoms with Gasteiger partial charge in [-0.1, -0.05) is 32.0 Å². The number of fused-ring (bicyclic) bond motifs is 1. The molecule has 0 spiro atoms. The number of hydrogen-bond acceptors (Lipinski definition) is 4. The summed E-state index contributed by atoms with van der Waals surface area (Å²) in [6.45, 7) is 6.21. The Hall–Kier alpha value is -2.56. The molecule has 3 aromatic rings. The Bertz CT molecular complexity index is 778. The van der Waals surface area contributed by atoms with Gasteiger partial charge in [0.25, 0.3) is 0 Å². The molecule has 5 heteroatoms. The third-order valence-corrected chi connectivity index (χ3v) is 4.07. The number of rotatable bonds is 8. The summed E-state index contributed by atoms with van der Waals surface area (Å²) in [4.78, 5) is 11.9. The van der Waals surface area contributed by atoms with Crippen LogP contribution in [0.15, 0.2) is 42.9 Å². The van der Waals surface area contributed by atoms with Crippen molar-refractivity contribution in [3.8, 4) is 0 Å². The van der Waals surface area contributed by atoms with Gasteiger partial charge in [-0.3, -0.25) is 0 Å². The third kappa shape index (κ3) is 4.25. The molecule has 0 aliphatic heterocycles. The van der Waals surface area contributed by atoms with E-state index in [1.54, 1.807) is 6.33 Å². The van der Waals surface area contributed by atoms with Gasteiger partial charge in [0.05, 0.1) is 0 Å². The maximum absolute atomic E-state index is 4.29. The van der Waals surface area contributed by atoms with Crippen LogP contribution >= 0.6 is 0 Å². The smallest absolute Gasteiger partial charge is 0.131 e. The molecule has 2 aromatic heterocycles. The Balaban J connectivity index is 1.53. The zero-order valence-electron chi connectivity index (χ0n) is 14.3. The lowest BCUT2D eigenvalue weighted by molar-refractivity contribution is 0.606. The fourth-order valence-corrected chi connectivity index (χ4v) is 2.70. The fourth-order valence-electron chi connectivity index (χ4n) is 2.70. The molecule has 2 heterocycles. The van der Waals surface area contributed by atoms with Crippen LogP contribution in [0.4, 0.5) is 11.6 Å². The molecule has 0 aliphatic carbocycles. The minimum absolute atomic E-state index is 0.688. The summed E-state index contributed by atoms with van der Waals surface area (Å²) in [6, 6.07) is 10.4. The van der Waals surface area contributed by atoms with Crippen LogP contribution in [0.5, 0.6) is 0 Å².